The maximum absolute atomic E-state index is 13.6. The van der Waals surface area contributed by atoms with E-state index >= 15 is 0 Å². The van der Waals surface area contributed by atoms with E-state index < -0.39 is 6.04 Å². The quantitative estimate of drug-likeness (QED) is 0.695. The van der Waals surface area contributed by atoms with E-state index in [0.29, 0.717) is 24.9 Å². The lowest BCUT2D eigenvalue weighted by Crippen LogP contribution is -2.57. The molecule has 7 nitrogen and oxygen atoms in total. The van der Waals surface area contributed by atoms with E-state index in [9.17, 15) is 19.2 Å². The highest BCUT2D eigenvalue weighted by Crippen LogP contribution is 2.48. The van der Waals surface area contributed by atoms with Crippen molar-refractivity contribution in [2.75, 3.05) is 13.1 Å². The molecule has 34 heavy (non-hydrogen) atoms. The Labute approximate surface area is 199 Å². The zero-order chi connectivity index (χ0) is 23.6. The highest BCUT2D eigenvalue weighted by molar-refractivity contribution is 5.87. The number of piperidine rings is 1. The zero-order valence-electron chi connectivity index (χ0n) is 19.4. The van der Waals surface area contributed by atoms with Crippen LogP contribution in [0.5, 0.6) is 0 Å². The van der Waals surface area contributed by atoms with Crippen molar-refractivity contribution in [1.82, 2.24) is 14.7 Å². The molecule has 2 bridgehead atoms. The lowest BCUT2D eigenvalue weighted by Gasteiger charge is -2.42. The highest BCUT2D eigenvalue weighted by Gasteiger charge is 2.56. The summed E-state index contributed by atoms with van der Waals surface area (Å²) >= 11 is 0. The van der Waals surface area contributed by atoms with Gasteiger partial charge in [-0.3, -0.25) is 14.5 Å². The van der Waals surface area contributed by atoms with E-state index in [1.165, 1.54) is 25.0 Å². The van der Waals surface area contributed by atoms with E-state index in [1.54, 1.807) is 4.90 Å². The van der Waals surface area contributed by atoms with Gasteiger partial charge in [-0.05, 0) is 61.6 Å². The molecule has 8 heteroatoms. The second kappa shape index (κ2) is 8.31. The summed E-state index contributed by atoms with van der Waals surface area (Å²) in [5.74, 6) is 0.546. The number of likely N-dealkylation sites (tertiary alicyclic amines) is 3. The van der Waals surface area contributed by atoms with Gasteiger partial charge in [0.1, 0.15) is 11.9 Å². The number of carbonyl (C=O) groups excluding carboxylic acids is 2. The van der Waals surface area contributed by atoms with Gasteiger partial charge in [-0.2, -0.15) is 5.26 Å². The lowest BCUT2D eigenvalue weighted by molar-refractivity contribution is -0.142. The van der Waals surface area contributed by atoms with E-state index in [4.69, 9.17) is 5.73 Å². The van der Waals surface area contributed by atoms with Gasteiger partial charge in [0.25, 0.3) is 0 Å². The number of hydrogen-bond donors (Lipinski definition) is 1. The molecule has 0 radical (unpaired) electrons. The monoisotopic (exact) mass is 465 g/mol. The van der Waals surface area contributed by atoms with Crippen LogP contribution in [-0.4, -0.2) is 69.8 Å². The molecular weight excluding hydrogens is 433 g/mol. The largest absolute Gasteiger partial charge is 0.330 e. The molecule has 7 atom stereocenters. The minimum atomic E-state index is -0.724. The van der Waals surface area contributed by atoms with E-state index in [2.05, 4.69) is 15.9 Å². The van der Waals surface area contributed by atoms with Crippen molar-refractivity contribution in [2.45, 2.75) is 81.2 Å². The number of halogens is 1. The average molecular weight is 466 g/mol. The predicted molar refractivity (Wildman–Crippen MR) is 122 cm³/mol. The Bertz CT molecular complexity index is 1020. The molecule has 3 heterocycles. The number of benzene rings is 1. The van der Waals surface area contributed by atoms with Crippen LogP contribution in [-0.2, 0) is 9.59 Å². The van der Waals surface area contributed by atoms with Crippen molar-refractivity contribution in [3.8, 4) is 6.07 Å². The fraction of sp³-hybridized carbons (Fsp3) is 0.654. The molecule has 2 N–H and O–H groups in total. The van der Waals surface area contributed by atoms with Gasteiger partial charge in [-0.1, -0.05) is 25.0 Å². The lowest BCUT2D eigenvalue weighted by atomic mass is 9.89. The maximum atomic E-state index is 13.6. The molecule has 3 saturated heterocycles. The minimum absolute atomic E-state index is 0.0177. The van der Waals surface area contributed by atoms with Crippen LogP contribution in [0.2, 0.25) is 0 Å². The van der Waals surface area contributed by atoms with Gasteiger partial charge in [0.2, 0.25) is 11.8 Å². The molecule has 5 fully saturated rings. The molecule has 0 spiro atoms. The van der Waals surface area contributed by atoms with Gasteiger partial charge in [0.15, 0.2) is 0 Å². The Kier molecular flexibility index (Phi) is 5.38. The Hall–Kier alpha value is -2.50. The third-order valence-electron chi connectivity index (χ3n) is 8.93. The molecule has 0 aromatic heterocycles. The Morgan fingerprint density at radius 2 is 1.91 bits per heavy atom. The van der Waals surface area contributed by atoms with Crippen molar-refractivity contribution in [2.24, 2.45) is 17.6 Å². The molecule has 5 aliphatic rings. The topological polar surface area (TPSA) is 93.7 Å². The van der Waals surface area contributed by atoms with E-state index in [1.807, 2.05) is 12.1 Å². The Morgan fingerprint density at radius 1 is 1.18 bits per heavy atom. The molecule has 1 aromatic carbocycles. The van der Waals surface area contributed by atoms with Gasteiger partial charge < -0.3 is 15.5 Å². The van der Waals surface area contributed by atoms with Gasteiger partial charge in [-0.25, -0.2) is 4.39 Å². The van der Waals surface area contributed by atoms with Crippen LogP contribution in [0.1, 0.15) is 56.6 Å². The smallest absolute Gasteiger partial charge is 0.242 e. The number of fused-ring (bicyclic) bond motifs is 3. The van der Waals surface area contributed by atoms with Gasteiger partial charge in [-0.15, -0.1) is 0 Å². The SMILES string of the molecule is N#C[C@@H]1C[C@@H]2C[C@@H]2N1C(=O)[C@@H](N)CN1CC2C[C@@H]1C(=O)N2[C@H](c1ccc(F)cc1)C1CCCC1. The molecule has 180 valence electrons. The van der Waals surface area contributed by atoms with Crippen LogP contribution in [0.3, 0.4) is 0 Å². The van der Waals surface area contributed by atoms with Gasteiger partial charge in [0.05, 0.1) is 24.2 Å². The van der Waals surface area contributed by atoms with Crippen molar-refractivity contribution in [3.63, 3.8) is 0 Å². The number of hydrogen-bond acceptors (Lipinski definition) is 5. The minimum Gasteiger partial charge on any atom is -0.330 e. The van der Waals surface area contributed by atoms with Crippen LogP contribution >= 0.6 is 0 Å². The first-order valence-corrected chi connectivity index (χ1v) is 12.8. The normalized spacial score (nSPS) is 34.4. The Balaban J connectivity index is 1.16. The molecule has 2 amide bonds. The molecular formula is C26H32FN5O2. The van der Waals surface area contributed by atoms with Crippen molar-refractivity contribution < 1.29 is 14.0 Å². The van der Waals surface area contributed by atoms with Gasteiger partial charge in [0, 0.05) is 25.2 Å². The summed E-state index contributed by atoms with van der Waals surface area (Å²) in [6, 6.07) is 7.80. The molecule has 2 aliphatic carbocycles. The maximum Gasteiger partial charge on any atom is 0.242 e. The summed E-state index contributed by atoms with van der Waals surface area (Å²) in [6.07, 6.45) is 7.00. The number of nitrogens with two attached hydrogens (primary N) is 1. The number of nitrogens with zero attached hydrogens (tertiary/aromatic N) is 4. The Morgan fingerprint density at radius 3 is 2.59 bits per heavy atom. The number of amides is 2. The van der Waals surface area contributed by atoms with Crippen LogP contribution < -0.4 is 5.73 Å². The van der Waals surface area contributed by atoms with Crippen molar-refractivity contribution in [3.05, 3.63) is 35.6 Å². The standard InChI is InChI=1S/C26H32FN5O2/c27-18-7-5-16(6-8-18)24(15-3-1-2-4-15)32-20-11-23(26(32)34)30(13-20)14-21(29)25(33)31-19(12-28)9-17-10-22(17)31/h5-8,15,17,19-24H,1-4,9-11,13-14,29H2/t17-,19+,20?,21+,22+,23-,24+/m1/s1. The first-order chi connectivity index (χ1) is 16.5. The second-order valence-electron chi connectivity index (χ2n) is 10.9. The summed E-state index contributed by atoms with van der Waals surface area (Å²) in [4.78, 5) is 32.5. The molecule has 2 saturated carbocycles. The van der Waals surface area contributed by atoms with Gasteiger partial charge >= 0.3 is 0 Å². The third kappa shape index (κ3) is 3.52. The first-order valence-electron chi connectivity index (χ1n) is 12.8. The third-order valence-corrected chi connectivity index (χ3v) is 8.93. The zero-order valence-corrected chi connectivity index (χ0v) is 19.4. The van der Waals surface area contributed by atoms with E-state index in [-0.39, 0.29) is 47.8 Å². The van der Waals surface area contributed by atoms with E-state index in [0.717, 1.165) is 37.7 Å². The van der Waals surface area contributed by atoms with Crippen LogP contribution in [0.15, 0.2) is 24.3 Å². The van der Waals surface area contributed by atoms with Crippen molar-refractivity contribution >= 4 is 11.8 Å². The number of piperazine rings is 1. The summed E-state index contributed by atoms with van der Waals surface area (Å²) < 4.78 is 13.6. The van der Waals surface area contributed by atoms with Crippen LogP contribution in [0, 0.1) is 29.0 Å². The molecule has 1 unspecified atom stereocenters. The average Bonchev–Trinajstić information content (AvgIpc) is 3.25. The molecule has 1 aromatic rings. The predicted octanol–water partition coefficient (Wildman–Crippen LogP) is 2.18. The molecule has 3 aliphatic heterocycles. The fourth-order valence-electron chi connectivity index (χ4n) is 7.26. The summed E-state index contributed by atoms with van der Waals surface area (Å²) in [6.45, 7) is 1.05. The van der Waals surface area contributed by atoms with Crippen LogP contribution in [0.4, 0.5) is 4.39 Å². The summed E-state index contributed by atoms with van der Waals surface area (Å²) in [5.41, 5.74) is 7.37. The van der Waals surface area contributed by atoms with Crippen LogP contribution in [0.25, 0.3) is 0 Å². The number of rotatable bonds is 6. The first kappa shape index (κ1) is 22.0. The summed E-state index contributed by atoms with van der Waals surface area (Å²) in [5, 5.41) is 9.42. The fourth-order valence-corrected chi connectivity index (χ4v) is 7.26. The number of nitriles is 1. The molecule has 6 rings (SSSR count). The highest BCUT2D eigenvalue weighted by atomic mass is 19.1. The van der Waals surface area contributed by atoms with Crippen molar-refractivity contribution in [1.29, 1.82) is 5.26 Å². The second-order valence-corrected chi connectivity index (χ2v) is 10.9. The summed E-state index contributed by atoms with van der Waals surface area (Å²) in [7, 11) is 0. The number of carbonyl (C=O) groups is 2.